The van der Waals surface area contributed by atoms with E-state index in [0.29, 0.717) is 6.42 Å². The monoisotopic (exact) mass is 446 g/mol. The predicted molar refractivity (Wildman–Crippen MR) is 134 cm³/mol. The van der Waals surface area contributed by atoms with Crippen molar-refractivity contribution in [2.75, 3.05) is 7.11 Å². The SMILES string of the molecule is COC(=O)[C@@H](Cc1ccccc1)[C@@H](C)O[Si](c1ccccc1)(c1ccccc1)C(C)(C)C. The normalized spacial score (nSPS) is 13.9. The lowest BCUT2D eigenvalue weighted by molar-refractivity contribution is -0.148. The van der Waals surface area contributed by atoms with E-state index in [1.165, 1.54) is 17.5 Å². The molecule has 0 unspecified atom stereocenters. The second kappa shape index (κ2) is 10.3. The molecular weight excluding hydrogens is 412 g/mol. The number of carbonyl (C=O) groups excluding carboxylic acids is 1. The molecule has 0 fully saturated rings. The van der Waals surface area contributed by atoms with Crippen LogP contribution in [0, 0.1) is 5.92 Å². The van der Waals surface area contributed by atoms with Gasteiger partial charge in [-0.3, -0.25) is 4.79 Å². The first-order valence-electron chi connectivity index (χ1n) is 11.2. The van der Waals surface area contributed by atoms with Gasteiger partial charge in [-0.1, -0.05) is 112 Å². The Morgan fingerprint density at radius 2 is 1.25 bits per heavy atom. The fourth-order valence-corrected chi connectivity index (χ4v) is 9.25. The van der Waals surface area contributed by atoms with Crippen molar-refractivity contribution in [2.24, 2.45) is 5.92 Å². The highest BCUT2D eigenvalue weighted by Crippen LogP contribution is 2.38. The molecule has 0 heterocycles. The van der Waals surface area contributed by atoms with Crippen molar-refractivity contribution < 1.29 is 14.0 Å². The van der Waals surface area contributed by atoms with Crippen molar-refractivity contribution in [3.63, 3.8) is 0 Å². The van der Waals surface area contributed by atoms with Gasteiger partial charge >= 0.3 is 5.97 Å². The zero-order valence-electron chi connectivity index (χ0n) is 19.7. The number of benzene rings is 3. The molecule has 3 rings (SSSR count). The second-order valence-electron chi connectivity index (χ2n) is 9.31. The summed E-state index contributed by atoms with van der Waals surface area (Å²) in [4.78, 5) is 12.9. The molecule has 0 aliphatic carbocycles. The van der Waals surface area contributed by atoms with Gasteiger partial charge < -0.3 is 9.16 Å². The van der Waals surface area contributed by atoms with Crippen molar-refractivity contribution in [1.82, 2.24) is 0 Å². The Morgan fingerprint density at radius 3 is 1.66 bits per heavy atom. The van der Waals surface area contributed by atoms with Crippen LogP contribution in [0.2, 0.25) is 5.04 Å². The summed E-state index contributed by atoms with van der Waals surface area (Å²) in [6.45, 7) is 8.76. The molecule has 0 aromatic heterocycles. The molecule has 0 saturated heterocycles. The molecule has 0 spiro atoms. The molecule has 32 heavy (non-hydrogen) atoms. The molecule has 0 bridgehead atoms. The van der Waals surface area contributed by atoms with Gasteiger partial charge in [0, 0.05) is 0 Å². The van der Waals surface area contributed by atoms with E-state index in [4.69, 9.17) is 9.16 Å². The van der Waals surface area contributed by atoms with Crippen LogP contribution >= 0.6 is 0 Å². The minimum absolute atomic E-state index is 0.155. The van der Waals surface area contributed by atoms with Crippen molar-refractivity contribution in [2.45, 2.75) is 45.3 Å². The molecule has 2 atom stereocenters. The van der Waals surface area contributed by atoms with Crippen molar-refractivity contribution in [1.29, 1.82) is 0 Å². The van der Waals surface area contributed by atoms with E-state index in [1.807, 2.05) is 49.4 Å². The predicted octanol–water partition coefficient (Wildman–Crippen LogP) is 4.98. The van der Waals surface area contributed by atoms with Gasteiger partial charge in [0.2, 0.25) is 0 Å². The van der Waals surface area contributed by atoms with Gasteiger partial charge in [-0.25, -0.2) is 0 Å². The summed E-state index contributed by atoms with van der Waals surface area (Å²) in [7, 11) is -1.30. The Balaban J connectivity index is 2.09. The maximum atomic E-state index is 12.9. The lowest BCUT2D eigenvalue weighted by Crippen LogP contribution is -2.68. The molecule has 0 saturated carbocycles. The number of methoxy groups -OCH3 is 1. The highest BCUT2D eigenvalue weighted by Gasteiger charge is 2.52. The molecule has 0 N–H and O–H groups in total. The lowest BCUT2D eigenvalue weighted by atomic mass is 9.95. The molecule has 3 aromatic rings. The zero-order valence-corrected chi connectivity index (χ0v) is 20.7. The van der Waals surface area contributed by atoms with E-state index < -0.39 is 14.2 Å². The largest absolute Gasteiger partial charge is 0.469 e. The van der Waals surface area contributed by atoms with E-state index in [0.717, 1.165) is 5.56 Å². The highest BCUT2D eigenvalue weighted by molar-refractivity contribution is 6.99. The van der Waals surface area contributed by atoms with Crippen LogP contribution in [0.15, 0.2) is 91.0 Å². The Bertz CT molecular complexity index is 942. The quantitative estimate of drug-likeness (QED) is 0.361. The first-order valence-corrected chi connectivity index (χ1v) is 13.1. The molecule has 3 nitrogen and oxygen atoms in total. The number of hydrogen-bond acceptors (Lipinski definition) is 3. The van der Waals surface area contributed by atoms with Gasteiger partial charge in [-0.2, -0.15) is 0 Å². The number of rotatable bonds is 8. The fraction of sp³-hybridized carbons (Fsp3) is 0.321. The minimum Gasteiger partial charge on any atom is -0.469 e. The highest BCUT2D eigenvalue weighted by atomic mass is 28.4. The maximum absolute atomic E-state index is 12.9. The molecule has 168 valence electrons. The van der Waals surface area contributed by atoms with Crippen LogP contribution in [0.5, 0.6) is 0 Å². The summed E-state index contributed by atoms with van der Waals surface area (Å²) in [6.07, 6.45) is 0.251. The van der Waals surface area contributed by atoms with E-state index >= 15 is 0 Å². The summed E-state index contributed by atoms with van der Waals surface area (Å²) < 4.78 is 12.4. The summed E-state index contributed by atoms with van der Waals surface area (Å²) in [6, 6.07) is 31.1. The topological polar surface area (TPSA) is 35.5 Å². The molecule has 3 aromatic carbocycles. The Hall–Kier alpha value is -2.69. The van der Waals surface area contributed by atoms with Crippen LogP contribution in [0.4, 0.5) is 0 Å². The smallest absolute Gasteiger partial charge is 0.311 e. The molecule has 0 aliphatic rings. The third-order valence-corrected chi connectivity index (χ3v) is 11.3. The van der Waals surface area contributed by atoms with Crippen LogP contribution < -0.4 is 10.4 Å². The van der Waals surface area contributed by atoms with E-state index in [-0.39, 0.29) is 17.1 Å². The summed E-state index contributed by atoms with van der Waals surface area (Å²) in [5, 5.41) is 2.25. The Kier molecular flexibility index (Phi) is 7.70. The maximum Gasteiger partial charge on any atom is 0.311 e. The number of ether oxygens (including phenoxy) is 1. The van der Waals surface area contributed by atoms with Gasteiger partial charge in [0.05, 0.1) is 19.1 Å². The van der Waals surface area contributed by atoms with E-state index in [9.17, 15) is 4.79 Å². The van der Waals surface area contributed by atoms with Crippen molar-refractivity contribution in [3.05, 3.63) is 96.6 Å². The van der Waals surface area contributed by atoms with Crippen LogP contribution in [0.1, 0.15) is 33.3 Å². The zero-order chi connectivity index (χ0) is 23.2. The molecule has 0 radical (unpaired) electrons. The lowest BCUT2D eigenvalue weighted by Gasteiger charge is -2.45. The van der Waals surface area contributed by atoms with Gasteiger partial charge in [-0.15, -0.1) is 0 Å². The van der Waals surface area contributed by atoms with Crippen molar-refractivity contribution >= 4 is 24.7 Å². The summed E-state index contributed by atoms with van der Waals surface area (Å²) in [5.41, 5.74) is 1.10. The van der Waals surface area contributed by atoms with Crippen LogP contribution in [-0.2, 0) is 20.4 Å². The van der Waals surface area contributed by atoms with Crippen LogP contribution in [0.3, 0.4) is 0 Å². The molecule has 0 aliphatic heterocycles. The van der Waals surface area contributed by atoms with E-state index in [2.05, 4.69) is 69.3 Å². The average molecular weight is 447 g/mol. The van der Waals surface area contributed by atoms with Crippen LogP contribution in [0.25, 0.3) is 0 Å². The first-order chi connectivity index (χ1) is 15.3. The van der Waals surface area contributed by atoms with Crippen molar-refractivity contribution in [3.8, 4) is 0 Å². The molecular formula is C28H34O3Si. The third kappa shape index (κ3) is 5.03. The minimum atomic E-state index is -2.76. The number of hydrogen-bond donors (Lipinski definition) is 0. The van der Waals surface area contributed by atoms with E-state index in [1.54, 1.807) is 0 Å². The fourth-order valence-electron chi connectivity index (χ4n) is 4.51. The number of carbonyl (C=O) groups is 1. The summed E-state index contributed by atoms with van der Waals surface area (Å²) in [5.74, 6) is -0.636. The number of esters is 1. The Labute approximate surface area is 193 Å². The van der Waals surface area contributed by atoms with Gasteiger partial charge in [-0.05, 0) is 34.3 Å². The van der Waals surface area contributed by atoms with Gasteiger partial charge in [0.15, 0.2) is 0 Å². The first kappa shape index (κ1) is 24.0. The van der Waals surface area contributed by atoms with Gasteiger partial charge in [0.1, 0.15) is 0 Å². The van der Waals surface area contributed by atoms with Crippen LogP contribution in [-0.4, -0.2) is 27.5 Å². The average Bonchev–Trinajstić information content (AvgIpc) is 2.81. The third-order valence-electron chi connectivity index (χ3n) is 6.15. The molecule has 4 heteroatoms. The van der Waals surface area contributed by atoms with Gasteiger partial charge in [0.25, 0.3) is 8.32 Å². The second-order valence-corrected chi connectivity index (χ2v) is 13.6. The standard InChI is InChI=1S/C28H34O3Si/c1-22(26(27(29)30-5)21-23-15-9-6-10-16-23)31-32(28(2,3)4,24-17-11-7-12-18-24)25-19-13-8-14-20-25/h6-20,22,26H,21H2,1-5H3/t22-,26+/m1/s1. The Morgan fingerprint density at radius 1 is 0.812 bits per heavy atom. The summed E-state index contributed by atoms with van der Waals surface area (Å²) >= 11 is 0. The molecule has 0 amide bonds.